The van der Waals surface area contributed by atoms with Gasteiger partial charge in [0.1, 0.15) is 17.3 Å². The maximum atomic E-state index is 13.5. The summed E-state index contributed by atoms with van der Waals surface area (Å²) in [6, 6.07) is 4.36. The van der Waals surface area contributed by atoms with Crippen LogP contribution in [0.4, 0.5) is 19.0 Å². The molecule has 3 aromatic rings. The molecule has 1 N–H and O–H groups in total. The first kappa shape index (κ1) is 34.2. The zero-order chi connectivity index (χ0) is 31.3. The van der Waals surface area contributed by atoms with Gasteiger partial charge in [-0.25, -0.2) is 22.8 Å². The first-order chi connectivity index (χ1) is 19.3. The molecule has 1 aliphatic heterocycles. The number of ether oxygens (including phenoxy) is 1. The third-order valence-corrected chi connectivity index (χ3v) is 8.67. The van der Waals surface area contributed by atoms with E-state index in [9.17, 15) is 26.4 Å². The van der Waals surface area contributed by atoms with E-state index in [-0.39, 0.29) is 47.4 Å². The minimum atomic E-state index is -4.45. The number of pyridine rings is 1. The van der Waals surface area contributed by atoms with Crippen LogP contribution in [0.3, 0.4) is 0 Å². The predicted octanol–water partition coefficient (Wildman–Crippen LogP) is 4.39. The van der Waals surface area contributed by atoms with Crippen LogP contribution < -0.4 is 14.4 Å². The summed E-state index contributed by atoms with van der Waals surface area (Å²) >= 11 is 0. The zero-order valence-electron chi connectivity index (χ0n) is 25.2. The van der Waals surface area contributed by atoms with Crippen LogP contribution in [0.1, 0.15) is 64.0 Å². The van der Waals surface area contributed by atoms with Crippen molar-refractivity contribution >= 4 is 35.2 Å². The number of halogens is 3. The van der Waals surface area contributed by atoms with Gasteiger partial charge in [-0.05, 0) is 58.6 Å². The number of rotatable bonds is 9. The second kappa shape index (κ2) is 12.0. The summed E-state index contributed by atoms with van der Waals surface area (Å²) in [4.78, 5) is 20.1. The van der Waals surface area contributed by atoms with Gasteiger partial charge in [0.15, 0.2) is 5.82 Å². The van der Waals surface area contributed by atoms with E-state index in [2.05, 4.69) is 21.8 Å². The van der Waals surface area contributed by atoms with Crippen LogP contribution in [-0.2, 0) is 23.5 Å². The number of sulfonamides is 1. The highest BCUT2D eigenvalue weighted by Gasteiger charge is 2.48. The molecule has 238 valence electrons. The second-order valence-electron chi connectivity index (χ2n) is 11.9. The Hall–Kier alpha value is -3.27. The number of anilines is 1. The molecule has 0 unspecified atom stereocenters. The zero-order valence-corrected chi connectivity index (χ0v) is 27.0. The highest BCUT2D eigenvalue weighted by molar-refractivity contribution is 7.90. The average Bonchev–Trinajstić information content (AvgIpc) is 3.57. The Morgan fingerprint density at radius 1 is 1.19 bits per heavy atom. The molecule has 11 nitrogen and oxygen atoms in total. The highest BCUT2D eigenvalue weighted by atomic mass is 32.2. The summed E-state index contributed by atoms with van der Waals surface area (Å²) in [7, 11) is -2.64. The molecule has 1 fully saturated rings. The minimum Gasteiger partial charge on any atom is -0.476 e. The molecule has 0 saturated carbocycles. The van der Waals surface area contributed by atoms with Gasteiger partial charge in [0.25, 0.3) is 15.9 Å². The Labute approximate surface area is 256 Å². The van der Waals surface area contributed by atoms with Gasteiger partial charge >= 0.3 is 6.18 Å². The molecule has 1 aliphatic rings. The Balaban J connectivity index is 0.00000506. The molecule has 43 heavy (non-hydrogen) atoms. The van der Waals surface area contributed by atoms with Gasteiger partial charge in [-0.2, -0.15) is 31.8 Å². The molecule has 3 aromatic heterocycles. The largest absolute Gasteiger partial charge is 0.476 e. The van der Waals surface area contributed by atoms with E-state index in [4.69, 9.17) is 9.72 Å². The van der Waals surface area contributed by atoms with Gasteiger partial charge < -0.3 is 9.64 Å². The molecule has 1 saturated heterocycles. The van der Waals surface area contributed by atoms with Gasteiger partial charge in [0, 0.05) is 37.6 Å². The summed E-state index contributed by atoms with van der Waals surface area (Å²) in [5.74, 6) is -0.0850. The molecule has 0 radical (unpaired) electrons. The van der Waals surface area contributed by atoms with Crippen molar-refractivity contribution in [1.29, 1.82) is 0 Å². The van der Waals surface area contributed by atoms with Crippen LogP contribution in [0.5, 0.6) is 5.88 Å². The number of amides is 1. The van der Waals surface area contributed by atoms with E-state index >= 15 is 0 Å². The maximum Gasteiger partial charge on any atom is 0.397 e. The van der Waals surface area contributed by atoms with Crippen molar-refractivity contribution in [2.24, 2.45) is 18.4 Å². The summed E-state index contributed by atoms with van der Waals surface area (Å²) in [5.41, 5.74) is -2.11. The fourth-order valence-corrected chi connectivity index (χ4v) is 6.22. The number of alkyl halides is 3. The summed E-state index contributed by atoms with van der Waals surface area (Å²) < 4.78 is 76.3. The summed E-state index contributed by atoms with van der Waals surface area (Å²) in [6.07, 6.45) is -0.461. The van der Waals surface area contributed by atoms with E-state index in [0.717, 1.165) is 20.3 Å². The number of nitrogens with zero attached hydrogens (tertiary/aromatic N) is 6. The third kappa shape index (κ3) is 7.11. The summed E-state index contributed by atoms with van der Waals surface area (Å²) in [5, 5.41) is 8.38. The van der Waals surface area contributed by atoms with Crippen molar-refractivity contribution in [2.45, 2.75) is 71.0 Å². The van der Waals surface area contributed by atoms with Crippen LogP contribution in [0.2, 0.25) is 0 Å². The van der Waals surface area contributed by atoms with Crippen molar-refractivity contribution in [3.05, 3.63) is 41.9 Å². The fourth-order valence-electron chi connectivity index (χ4n) is 4.97. The molecule has 0 bridgehead atoms. The first-order valence-electron chi connectivity index (χ1n) is 13.5. The van der Waals surface area contributed by atoms with Crippen molar-refractivity contribution in [3.8, 4) is 11.7 Å². The second-order valence-corrected chi connectivity index (χ2v) is 13.6. The number of hydrogen-bond acceptors (Lipinski definition) is 8. The molecule has 0 spiro atoms. The SMILES string of the molecule is CCc1nn(C)cc1S(=O)(=O)NC(=O)c1ccc(-n2ccc(OCC(C)(C)C(F)(F)F)n2)nc1N1C[C@@H](C)CC1(C)C.S. The molecule has 16 heteroatoms. The number of carbonyl (C=O) groups excluding carboxylic acids is 1. The van der Waals surface area contributed by atoms with Crippen LogP contribution in [0.15, 0.2) is 35.5 Å². The number of aromatic nitrogens is 5. The molecule has 1 amide bonds. The Morgan fingerprint density at radius 2 is 1.86 bits per heavy atom. The van der Waals surface area contributed by atoms with Crippen molar-refractivity contribution in [1.82, 2.24) is 29.3 Å². The molecule has 0 aromatic carbocycles. The van der Waals surface area contributed by atoms with E-state index < -0.39 is 39.7 Å². The van der Waals surface area contributed by atoms with Crippen LogP contribution in [-0.4, -0.2) is 63.7 Å². The first-order valence-corrected chi connectivity index (χ1v) is 15.0. The number of carbonyl (C=O) groups is 1. The van der Waals surface area contributed by atoms with E-state index in [0.29, 0.717) is 18.7 Å². The highest BCUT2D eigenvalue weighted by Crippen LogP contribution is 2.39. The van der Waals surface area contributed by atoms with Gasteiger partial charge in [0.2, 0.25) is 5.88 Å². The summed E-state index contributed by atoms with van der Waals surface area (Å²) in [6.45, 7) is 9.88. The third-order valence-electron chi connectivity index (χ3n) is 7.30. The topological polar surface area (TPSA) is 124 Å². The Morgan fingerprint density at radius 3 is 2.44 bits per heavy atom. The van der Waals surface area contributed by atoms with E-state index in [1.165, 1.54) is 40.0 Å². The van der Waals surface area contributed by atoms with Crippen LogP contribution >= 0.6 is 13.5 Å². The van der Waals surface area contributed by atoms with Crippen molar-refractivity contribution in [3.63, 3.8) is 0 Å². The van der Waals surface area contributed by atoms with E-state index in [1.807, 2.05) is 18.7 Å². The smallest absolute Gasteiger partial charge is 0.397 e. The number of aryl methyl sites for hydroxylation is 2. The maximum absolute atomic E-state index is 13.5. The molecular formula is C27H38F3N7O4S2. The molecule has 4 rings (SSSR count). The monoisotopic (exact) mass is 645 g/mol. The van der Waals surface area contributed by atoms with Gasteiger partial charge in [-0.15, -0.1) is 5.10 Å². The minimum absolute atomic E-state index is 0. The van der Waals surface area contributed by atoms with Crippen LogP contribution in [0, 0.1) is 11.3 Å². The Bertz CT molecular complexity index is 1580. The van der Waals surface area contributed by atoms with Crippen LogP contribution in [0.25, 0.3) is 5.82 Å². The molecule has 1 atom stereocenters. The quantitative estimate of drug-likeness (QED) is 0.364. The Kier molecular flexibility index (Phi) is 9.57. The standard InChI is InChI=1S/C27H36F3N7O4S.H2S/c1-8-19-20(15-35(7)32-19)42(39,40)34-24(38)18-9-10-21(31-23(18)36-14-17(2)13-26(36,5)6)37-12-11-22(33-37)41-16-25(3,4)27(28,29)30;/h9-12,15,17H,8,13-14,16H2,1-7H3,(H,34,38);1H2/t17-;/m0./s1. The predicted molar refractivity (Wildman–Crippen MR) is 160 cm³/mol. The lowest BCUT2D eigenvalue weighted by Crippen LogP contribution is -2.41. The average molecular weight is 646 g/mol. The van der Waals surface area contributed by atoms with Gasteiger partial charge in [0.05, 0.1) is 16.7 Å². The fraction of sp³-hybridized carbons (Fsp3) is 0.556. The normalized spacial score (nSPS) is 17.1. The molecular weight excluding hydrogens is 607 g/mol. The van der Waals surface area contributed by atoms with Gasteiger partial charge in [-0.1, -0.05) is 13.8 Å². The number of hydrogen-bond donors (Lipinski definition) is 1. The van der Waals surface area contributed by atoms with Gasteiger partial charge in [-0.3, -0.25) is 9.48 Å². The van der Waals surface area contributed by atoms with Crippen molar-refractivity contribution in [2.75, 3.05) is 18.1 Å². The van der Waals surface area contributed by atoms with E-state index in [1.54, 1.807) is 14.0 Å². The lowest BCUT2D eigenvalue weighted by molar-refractivity contribution is -0.219. The van der Waals surface area contributed by atoms with Crippen molar-refractivity contribution < 1.29 is 31.1 Å². The molecule has 4 heterocycles. The number of nitrogens with one attached hydrogen (secondary N) is 1. The molecule has 0 aliphatic carbocycles. The lowest BCUT2D eigenvalue weighted by Gasteiger charge is -2.34. The lowest BCUT2D eigenvalue weighted by atomic mass is 9.94.